The molecule has 7 heteroatoms. The minimum absolute atomic E-state index is 0.505. The van der Waals surface area contributed by atoms with Crippen molar-refractivity contribution >= 4 is 34.7 Å². The van der Waals surface area contributed by atoms with Crippen molar-refractivity contribution in [2.75, 3.05) is 17.7 Å². The molecular weight excluding hydrogens is 258 g/mol. The highest BCUT2D eigenvalue weighted by Crippen LogP contribution is 2.21. The number of nitrogens with zero attached hydrogens (tertiary/aromatic N) is 3. The number of hydrogen-bond acceptors (Lipinski definition) is 6. The molecule has 0 amide bonds. The Bertz CT molecular complexity index is 513. The Kier molecular flexibility index (Phi) is 3.75. The zero-order valence-electron chi connectivity index (χ0n) is 9.49. The van der Waals surface area contributed by atoms with Gasteiger partial charge in [0.2, 0.25) is 5.95 Å². The van der Waals surface area contributed by atoms with Crippen LogP contribution in [0.25, 0.3) is 0 Å². The van der Waals surface area contributed by atoms with Gasteiger partial charge in [-0.2, -0.15) is 4.98 Å². The molecule has 0 saturated carbocycles. The molecule has 5 nitrogen and oxygen atoms in total. The van der Waals surface area contributed by atoms with E-state index < -0.39 is 0 Å². The maximum Gasteiger partial charge on any atom is 0.224 e. The number of nitrogens with one attached hydrogen (secondary N) is 2. The highest BCUT2D eigenvalue weighted by Gasteiger charge is 2.05. The molecule has 0 unspecified atom stereocenters. The molecule has 2 rings (SSSR count). The van der Waals surface area contributed by atoms with Gasteiger partial charge in [0.1, 0.15) is 5.02 Å². The van der Waals surface area contributed by atoms with E-state index in [-0.39, 0.29) is 0 Å². The fourth-order valence-corrected chi connectivity index (χ4v) is 2.16. The molecule has 0 bridgehead atoms. The van der Waals surface area contributed by atoms with Crippen molar-refractivity contribution in [3.8, 4) is 0 Å². The summed E-state index contributed by atoms with van der Waals surface area (Å²) in [5, 5.41) is 7.58. The van der Waals surface area contributed by atoms with Crippen LogP contribution in [0, 0.1) is 6.92 Å². The van der Waals surface area contributed by atoms with Crippen LogP contribution in [0.4, 0.5) is 11.8 Å². The van der Waals surface area contributed by atoms with Crippen molar-refractivity contribution in [3.05, 3.63) is 27.3 Å². The first kappa shape index (κ1) is 12.1. The normalized spacial score (nSPS) is 10.3. The molecule has 0 aromatic carbocycles. The average molecular weight is 270 g/mol. The Morgan fingerprint density at radius 1 is 1.35 bits per heavy atom. The van der Waals surface area contributed by atoms with E-state index in [1.807, 2.05) is 13.1 Å². The number of halogens is 1. The molecule has 0 radical (unpaired) electrons. The SMILES string of the molecule is CNc1ncc(Cl)c(NCc2cnc(C)s2)n1. The summed E-state index contributed by atoms with van der Waals surface area (Å²) in [4.78, 5) is 13.6. The lowest BCUT2D eigenvalue weighted by Crippen LogP contribution is -2.04. The molecule has 2 heterocycles. The molecule has 0 fully saturated rings. The summed E-state index contributed by atoms with van der Waals surface area (Å²) >= 11 is 7.64. The van der Waals surface area contributed by atoms with Gasteiger partial charge in [-0.3, -0.25) is 0 Å². The first-order chi connectivity index (χ1) is 8.19. The third-order valence-corrected chi connectivity index (χ3v) is 3.26. The molecule has 0 spiro atoms. The molecule has 0 atom stereocenters. The molecular formula is C10H12ClN5S. The second-order valence-corrected chi connectivity index (χ2v) is 5.07. The lowest BCUT2D eigenvalue weighted by atomic mass is 10.5. The van der Waals surface area contributed by atoms with Crippen LogP contribution in [0.3, 0.4) is 0 Å². The Balaban J connectivity index is 2.07. The summed E-state index contributed by atoms with van der Waals surface area (Å²) in [6.45, 7) is 2.64. The lowest BCUT2D eigenvalue weighted by molar-refractivity contribution is 1.09. The van der Waals surface area contributed by atoms with Gasteiger partial charge in [-0.05, 0) is 6.92 Å². The van der Waals surface area contributed by atoms with E-state index in [4.69, 9.17) is 11.6 Å². The molecule has 0 aliphatic heterocycles. The third-order valence-electron chi connectivity index (χ3n) is 2.07. The van der Waals surface area contributed by atoms with Crippen LogP contribution >= 0.6 is 22.9 Å². The predicted molar refractivity (Wildman–Crippen MR) is 70.8 cm³/mol. The van der Waals surface area contributed by atoms with Crippen molar-refractivity contribution in [3.63, 3.8) is 0 Å². The minimum atomic E-state index is 0.505. The van der Waals surface area contributed by atoms with Crippen LogP contribution in [0.15, 0.2) is 12.4 Å². The van der Waals surface area contributed by atoms with Crippen molar-refractivity contribution < 1.29 is 0 Å². The number of anilines is 2. The Labute approximate surface area is 108 Å². The second-order valence-electron chi connectivity index (χ2n) is 3.34. The maximum atomic E-state index is 6.00. The van der Waals surface area contributed by atoms with E-state index in [1.165, 1.54) is 0 Å². The summed E-state index contributed by atoms with van der Waals surface area (Å²) in [6, 6.07) is 0. The molecule has 0 aliphatic carbocycles. The monoisotopic (exact) mass is 269 g/mol. The van der Waals surface area contributed by atoms with E-state index in [2.05, 4.69) is 25.6 Å². The summed E-state index contributed by atoms with van der Waals surface area (Å²) in [5.74, 6) is 1.16. The Morgan fingerprint density at radius 2 is 2.18 bits per heavy atom. The van der Waals surface area contributed by atoms with Crippen LogP contribution in [-0.2, 0) is 6.54 Å². The molecule has 2 N–H and O–H groups in total. The smallest absolute Gasteiger partial charge is 0.224 e. The van der Waals surface area contributed by atoms with Crippen molar-refractivity contribution in [1.29, 1.82) is 0 Å². The second kappa shape index (κ2) is 5.29. The van der Waals surface area contributed by atoms with E-state index in [0.29, 0.717) is 23.3 Å². The molecule has 0 aliphatic rings. The van der Waals surface area contributed by atoms with E-state index in [0.717, 1.165) is 9.88 Å². The minimum Gasteiger partial charge on any atom is -0.364 e. The Hall–Kier alpha value is -1.40. The van der Waals surface area contributed by atoms with Crippen molar-refractivity contribution in [2.45, 2.75) is 13.5 Å². The highest BCUT2D eigenvalue weighted by atomic mass is 35.5. The van der Waals surface area contributed by atoms with Gasteiger partial charge in [-0.1, -0.05) is 11.6 Å². The van der Waals surface area contributed by atoms with Crippen LogP contribution in [0.5, 0.6) is 0 Å². The molecule has 0 saturated heterocycles. The van der Waals surface area contributed by atoms with Gasteiger partial charge < -0.3 is 10.6 Å². The average Bonchev–Trinajstić information content (AvgIpc) is 2.74. The van der Waals surface area contributed by atoms with Gasteiger partial charge in [0, 0.05) is 18.1 Å². The maximum absolute atomic E-state index is 6.00. The van der Waals surface area contributed by atoms with Crippen molar-refractivity contribution in [2.24, 2.45) is 0 Å². The fraction of sp³-hybridized carbons (Fsp3) is 0.300. The van der Waals surface area contributed by atoms with E-state index in [1.54, 1.807) is 24.6 Å². The summed E-state index contributed by atoms with van der Waals surface area (Å²) in [7, 11) is 1.76. The molecule has 17 heavy (non-hydrogen) atoms. The van der Waals surface area contributed by atoms with E-state index in [9.17, 15) is 0 Å². The van der Waals surface area contributed by atoms with Crippen LogP contribution in [0.2, 0.25) is 5.02 Å². The number of hydrogen-bond donors (Lipinski definition) is 2. The molecule has 2 aromatic heterocycles. The van der Waals surface area contributed by atoms with Gasteiger partial charge >= 0.3 is 0 Å². The van der Waals surface area contributed by atoms with Gasteiger partial charge in [0.25, 0.3) is 0 Å². The first-order valence-electron chi connectivity index (χ1n) is 5.04. The molecule has 2 aromatic rings. The van der Waals surface area contributed by atoms with Gasteiger partial charge in [0.05, 0.1) is 17.7 Å². The third kappa shape index (κ3) is 3.04. The van der Waals surface area contributed by atoms with Crippen LogP contribution in [0.1, 0.15) is 9.88 Å². The summed E-state index contributed by atoms with van der Waals surface area (Å²) in [6.07, 6.45) is 3.42. The van der Waals surface area contributed by atoms with E-state index >= 15 is 0 Å². The topological polar surface area (TPSA) is 62.7 Å². The standard InChI is InChI=1S/C10H12ClN5S/c1-6-13-3-7(17-6)4-14-9-8(11)5-15-10(12-2)16-9/h3,5H,4H2,1-2H3,(H2,12,14,15,16). The largest absolute Gasteiger partial charge is 0.364 e. The Morgan fingerprint density at radius 3 is 2.82 bits per heavy atom. The fourth-order valence-electron chi connectivity index (χ4n) is 1.27. The number of thiazole rings is 1. The zero-order chi connectivity index (χ0) is 12.3. The van der Waals surface area contributed by atoms with Crippen molar-refractivity contribution in [1.82, 2.24) is 15.0 Å². The highest BCUT2D eigenvalue weighted by molar-refractivity contribution is 7.11. The first-order valence-corrected chi connectivity index (χ1v) is 6.24. The van der Waals surface area contributed by atoms with Gasteiger partial charge in [-0.15, -0.1) is 11.3 Å². The molecule has 90 valence electrons. The number of aromatic nitrogens is 3. The summed E-state index contributed by atoms with van der Waals surface area (Å²) in [5.41, 5.74) is 0. The zero-order valence-corrected chi connectivity index (χ0v) is 11.1. The van der Waals surface area contributed by atoms with Crippen LogP contribution < -0.4 is 10.6 Å². The van der Waals surface area contributed by atoms with Crippen LogP contribution in [-0.4, -0.2) is 22.0 Å². The summed E-state index contributed by atoms with van der Waals surface area (Å²) < 4.78 is 0. The lowest BCUT2D eigenvalue weighted by Gasteiger charge is -2.07. The number of rotatable bonds is 4. The van der Waals surface area contributed by atoms with Gasteiger partial charge in [0.15, 0.2) is 5.82 Å². The van der Waals surface area contributed by atoms with Gasteiger partial charge in [-0.25, -0.2) is 9.97 Å². The number of aryl methyl sites for hydroxylation is 1. The predicted octanol–water partition coefficient (Wildman–Crippen LogP) is 2.55. The quantitative estimate of drug-likeness (QED) is 0.893.